The molecule has 2 amide bonds. The predicted octanol–water partition coefficient (Wildman–Crippen LogP) is 3.46. The Kier molecular flexibility index (Phi) is 5.89. The minimum Gasteiger partial charge on any atom is -0.366 e. The third-order valence-corrected chi connectivity index (χ3v) is 5.96. The van der Waals surface area contributed by atoms with Crippen LogP contribution in [0.5, 0.6) is 0 Å². The molecule has 0 atom stereocenters. The molecular formula is C22H21N3O4S. The highest BCUT2D eigenvalue weighted by molar-refractivity contribution is 7.92. The van der Waals surface area contributed by atoms with Crippen LogP contribution in [0.25, 0.3) is 0 Å². The highest BCUT2D eigenvalue weighted by Gasteiger charge is 2.18. The highest BCUT2D eigenvalue weighted by atomic mass is 32.2. The number of nitrogens with two attached hydrogens (primary N) is 1. The number of rotatable bonds is 6. The van der Waals surface area contributed by atoms with Gasteiger partial charge in [-0.05, 0) is 73.5 Å². The Labute approximate surface area is 175 Å². The van der Waals surface area contributed by atoms with Gasteiger partial charge < -0.3 is 11.1 Å². The molecule has 8 heteroatoms. The quantitative estimate of drug-likeness (QED) is 0.563. The minimum absolute atomic E-state index is 0.0610. The van der Waals surface area contributed by atoms with Crippen LogP contribution in [0.2, 0.25) is 0 Å². The number of aryl methyl sites for hydroxylation is 2. The van der Waals surface area contributed by atoms with E-state index in [1.54, 1.807) is 37.3 Å². The second-order valence-corrected chi connectivity index (χ2v) is 8.50. The molecule has 0 bridgehead atoms. The van der Waals surface area contributed by atoms with Crippen molar-refractivity contribution in [2.24, 2.45) is 5.73 Å². The van der Waals surface area contributed by atoms with Crippen LogP contribution in [0.3, 0.4) is 0 Å². The summed E-state index contributed by atoms with van der Waals surface area (Å²) in [5, 5.41) is 2.67. The fourth-order valence-electron chi connectivity index (χ4n) is 2.88. The summed E-state index contributed by atoms with van der Waals surface area (Å²) in [5.41, 5.74) is 8.05. The van der Waals surface area contributed by atoms with E-state index in [0.717, 1.165) is 5.56 Å². The molecule has 0 fully saturated rings. The average Bonchev–Trinajstić information content (AvgIpc) is 2.69. The number of primary amides is 1. The van der Waals surface area contributed by atoms with Crippen LogP contribution in [0.15, 0.2) is 71.6 Å². The molecular weight excluding hydrogens is 402 g/mol. The lowest BCUT2D eigenvalue weighted by molar-refractivity contribution is 0.0995. The smallest absolute Gasteiger partial charge is 0.262 e. The van der Waals surface area contributed by atoms with Gasteiger partial charge in [0, 0.05) is 22.5 Å². The third-order valence-electron chi connectivity index (χ3n) is 4.44. The topological polar surface area (TPSA) is 118 Å². The van der Waals surface area contributed by atoms with E-state index in [1.807, 2.05) is 13.0 Å². The molecule has 3 aromatic carbocycles. The molecule has 0 radical (unpaired) electrons. The van der Waals surface area contributed by atoms with Gasteiger partial charge in [0.15, 0.2) is 0 Å². The predicted molar refractivity (Wildman–Crippen MR) is 116 cm³/mol. The normalized spacial score (nSPS) is 11.0. The minimum atomic E-state index is -3.85. The standard InChI is InChI=1S/C22H21N3O4S/c1-14-4-3-5-19(12-14)25-30(28,29)20-13-18(11-6-15(20)2)24-22(27)17-9-7-16(8-10-17)21(23)26/h3-13,25H,1-2H3,(H2,23,26)(H,24,27). The number of benzene rings is 3. The Morgan fingerprint density at radius 3 is 2.13 bits per heavy atom. The maximum absolute atomic E-state index is 12.9. The molecule has 0 spiro atoms. The van der Waals surface area contributed by atoms with Crippen molar-refractivity contribution >= 4 is 33.2 Å². The Balaban J connectivity index is 1.83. The number of anilines is 2. The van der Waals surface area contributed by atoms with Crippen LogP contribution in [-0.4, -0.2) is 20.2 Å². The monoisotopic (exact) mass is 423 g/mol. The molecule has 0 aliphatic carbocycles. The Hall–Kier alpha value is -3.65. The summed E-state index contributed by atoms with van der Waals surface area (Å²) in [7, 11) is -3.85. The van der Waals surface area contributed by atoms with E-state index >= 15 is 0 Å². The molecule has 0 aromatic heterocycles. The molecule has 0 aliphatic rings. The van der Waals surface area contributed by atoms with Gasteiger partial charge in [0.1, 0.15) is 0 Å². The summed E-state index contributed by atoms with van der Waals surface area (Å²) in [4.78, 5) is 23.7. The van der Waals surface area contributed by atoms with Gasteiger partial charge in [0.2, 0.25) is 5.91 Å². The van der Waals surface area contributed by atoms with Crippen molar-refractivity contribution in [1.82, 2.24) is 0 Å². The number of hydrogen-bond acceptors (Lipinski definition) is 4. The zero-order valence-electron chi connectivity index (χ0n) is 16.5. The van der Waals surface area contributed by atoms with E-state index in [1.165, 1.54) is 30.3 Å². The maximum Gasteiger partial charge on any atom is 0.262 e. The number of amides is 2. The van der Waals surface area contributed by atoms with Crippen molar-refractivity contribution in [3.63, 3.8) is 0 Å². The van der Waals surface area contributed by atoms with Crippen LogP contribution in [0.4, 0.5) is 11.4 Å². The third kappa shape index (κ3) is 4.84. The Morgan fingerprint density at radius 2 is 1.50 bits per heavy atom. The summed E-state index contributed by atoms with van der Waals surface area (Å²) in [6, 6.07) is 17.5. The molecule has 7 nitrogen and oxygen atoms in total. The lowest BCUT2D eigenvalue weighted by atomic mass is 10.1. The molecule has 154 valence electrons. The largest absolute Gasteiger partial charge is 0.366 e. The Morgan fingerprint density at radius 1 is 0.833 bits per heavy atom. The zero-order valence-corrected chi connectivity index (χ0v) is 17.3. The fourth-order valence-corrected chi connectivity index (χ4v) is 4.20. The number of sulfonamides is 1. The molecule has 30 heavy (non-hydrogen) atoms. The number of carbonyl (C=O) groups is 2. The van der Waals surface area contributed by atoms with Crippen LogP contribution < -0.4 is 15.8 Å². The van der Waals surface area contributed by atoms with Gasteiger partial charge in [-0.1, -0.05) is 18.2 Å². The van der Waals surface area contributed by atoms with E-state index in [2.05, 4.69) is 10.0 Å². The first kappa shape index (κ1) is 21.1. The van der Waals surface area contributed by atoms with E-state index in [9.17, 15) is 18.0 Å². The van der Waals surface area contributed by atoms with E-state index in [4.69, 9.17) is 5.73 Å². The number of carbonyl (C=O) groups excluding carboxylic acids is 2. The Bertz CT molecular complexity index is 1220. The zero-order chi connectivity index (χ0) is 21.9. The van der Waals surface area contributed by atoms with Crippen molar-refractivity contribution in [2.45, 2.75) is 18.7 Å². The van der Waals surface area contributed by atoms with Gasteiger partial charge in [-0.2, -0.15) is 0 Å². The van der Waals surface area contributed by atoms with Crippen LogP contribution in [0, 0.1) is 13.8 Å². The molecule has 0 saturated heterocycles. The highest BCUT2D eigenvalue weighted by Crippen LogP contribution is 2.24. The van der Waals surface area contributed by atoms with E-state index in [-0.39, 0.29) is 10.5 Å². The summed E-state index contributed by atoms with van der Waals surface area (Å²) in [6.07, 6.45) is 0. The molecule has 0 saturated carbocycles. The maximum atomic E-state index is 12.9. The van der Waals surface area contributed by atoms with Crippen molar-refractivity contribution in [1.29, 1.82) is 0 Å². The van der Waals surface area contributed by atoms with Gasteiger partial charge in [0.05, 0.1) is 4.90 Å². The molecule has 3 rings (SSSR count). The average molecular weight is 423 g/mol. The van der Waals surface area contributed by atoms with Gasteiger partial charge >= 0.3 is 0 Å². The first-order chi connectivity index (χ1) is 14.2. The number of hydrogen-bond donors (Lipinski definition) is 3. The summed E-state index contributed by atoms with van der Waals surface area (Å²) in [5.74, 6) is -1.03. The van der Waals surface area contributed by atoms with E-state index in [0.29, 0.717) is 22.5 Å². The first-order valence-corrected chi connectivity index (χ1v) is 10.6. The van der Waals surface area contributed by atoms with Gasteiger partial charge in [-0.25, -0.2) is 8.42 Å². The van der Waals surface area contributed by atoms with Crippen molar-refractivity contribution in [3.8, 4) is 0 Å². The second kappa shape index (κ2) is 8.38. The second-order valence-electron chi connectivity index (χ2n) is 6.85. The van der Waals surface area contributed by atoms with E-state index < -0.39 is 21.8 Å². The molecule has 4 N–H and O–H groups in total. The molecule has 0 unspecified atom stereocenters. The summed E-state index contributed by atoms with van der Waals surface area (Å²) < 4.78 is 28.3. The fraction of sp³-hybridized carbons (Fsp3) is 0.0909. The SMILES string of the molecule is Cc1cccc(NS(=O)(=O)c2cc(NC(=O)c3ccc(C(N)=O)cc3)ccc2C)c1. The van der Waals surface area contributed by atoms with Gasteiger partial charge in [-0.15, -0.1) is 0 Å². The molecule has 0 aliphatic heterocycles. The van der Waals surface area contributed by atoms with Crippen LogP contribution in [0.1, 0.15) is 31.8 Å². The van der Waals surface area contributed by atoms with Crippen molar-refractivity contribution < 1.29 is 18.0 Å². The lowest BCUT2D eigenvalue weighted by Crippen LogP contribution is -2.16. The van der Waals surface area contributed by atoms with Crippen LogP contribution in [-0.2, 0) is 10.0 Å². The van der Waals surface area contributed by atoms with Crippen molar-refractivity contribution in [2.75, 3.05) is 10.0 Å². The van der Waals surface area contributed by atoms with Gasteiger partial charge in [0.25, 0.3) is 15.9 Å². The van der Waals surface area contributed by atoms with Crippen molar-refractivity contribution in [3.05, 3.63) is 89.0 Å². The molecule has 3 aromatic rings. The van der Waals surface area contributed by atoms with Gasteiger partial charge in [-0.3, -0.25) is 14.3 Å². The van der Waals surface area contributed by atoms with Crippen LogP contribution >= 0.6 is 0 Å². The molecule has 0 heterocycles. The number of nitrogens with one attached hydrogen (secondary N) is 2. The summed E-state index contributed by atoms with van der Waals surface area (Å²) in [6.45, 7) is 3.55. The lowest BCUT2D eigenvalue weighted by Gasteiger charge is -2.13. The first-order valence-electron chi connectivity index (χ1n) is 9.07. The summed E-state index contributed by atoms with van der Waals surface area (Å²) >= 11 is 0.